The Hall–Kier alpha value is -3.36. The van der Waals surface area contributed by atoms with Gasteiger partial charge in [0, 0.05) is 16.7 Å². The lowest BCUT2D eigenvalue weighted by Crippen LogP contribution is -2.18. The van der Waals surface area contributed by atoms with Crippen LogP contribution in [-0.4, -0.2) is 14.6 Å². The van der Waals surface area contributed by atoms with E-state index < -0.39 is 10.0 Å². The lowest BCUT2D eigenvalue weighted by molar-refractivity contribution is 0.584. The van der Waals surface area contributed by atoms with E-state index in [4.69, 9.17) is 0 Å². The summed E-state index contributed by atoms with van der Waals surface area (Å²) < 4.78 is 24.3. The molecule has 0 spiro atoms. The zero-order valence-electron chi connectivity index (χ0n) is 13.8. The van der Waals surface area contributed by atoms with Crippen molar-refractivity contribution in [2.24, 2.45) is 5.10 Å². The second-order valence-corrected chi connectivity index (χ2v) is 7.03. The molecule has 0 amide bonds. The van der Waals surface area contributed by atoms with Crippen molar-refractivity contribution in [1.82, 2.24) is 4.83 Å². The molecule has 0 bridgehead atoms. The average molecular weight is 360 g/mol. The Morgan fingerprint density at radius 2 is 1.38 bits per heavy atom. The molecule has 0 saturated carbocycles. The molecule has 3 rings (SSSR count). The first-order chi connectivity index (χ1) is 12.6. The van der Waals surface area contributed by atoms with Gasteiger partial charge in [0.05, 0.1) is 11.1 Å². The van der Waals surface area contributed by atoms with Crippen molar-refractivity contribution in [3.8, 4) is 11.8 Å². The maximum Gasteiger partial charge on any atom is 0.276 e. The Morgan fingerprint density at radius 3 is 2.12 bits per heavy atom. The molecule has 0 unspecified atom stereocenters. The molecule has 0 aliphatic rings. The molecule has 5 heteroatoms. The van der Waals surface area contributed by atoms with Crippen LogP contribution in [0.4, 0.5) is 0 Å². The molecule has 0 radical (unpaired) electrons. The van der Waals surface area contributed by atoms with Crippen LogP contribution in [-0.2, 0) is 10.0 Å². The van der Waals surface area contributed by atoms with Gasteiger partial charge < -0.3 is 0 Å². The molecule has 0 aliphatic heterocycles. The third-order valence-corrected chi connectivity index (χ3v) is 4.74. The summed E-state index contributed by atoms with van der Waals surface area (Å²) in [5.41, 5.74) is 2.40. The summed E-state index contributed by atoms with van der Waals surface area (Å²) in [6.07, 6.45) is 1.45. The third kappa shape index (κ3) is 4.59. The largest absolute Gasteiger partial charge is 0.276 e. The Balaban J connectivity index is 1.79. The molecular formula is C21H16N2O2S. The van der Waals surface area contributed by atoms with Crippen LogP contribution < -0.4 is 4.83 Å². The van der Waals surface area contributed by atoms with Crippen LogP contribution in [0.25, 0.3) is 0 Å². The van der Waals surface area contributed by atoms with Crippen molar-refractivity contribution >= 4 is 16.2 Å². The molecular weight excluding hydrogens is 344 g/mol. The quantitative estimate of drug-likeness (QED) is 0.440. The van der Waals surface area contributed by atoms with Crippen molar-refractivity contribution < 1.29 is 8.42 Å². The van der Waals surface area contributed by atoms with Gasteiger partial charge in [0.25, 0.3) is 10.0 Å². The van der Waals surface area contributed by atoms with E-state index in [0.717, 1.165) is 16.7 Å². The monoisotopic (exact) mass is 360 g/mol. The van der Waals surface area contributed by atoms with Crippen molar-refractivity contribution in [1.29, 1.82) is 0 Å². The Morgan fingerprint density at radius 1 is 0.769 bits per heavy atom. The number of hydrazone groups is 1. The van der Waals surface area contributed by atoms with E-state index >= 15 is 0 Å². The van der Waals surface area contributed by atoms with E-state index in [2.05, 4.69) is 21.8 Å². The highest BCUT2D eigenvalue weighted by Gasteiger charge is 2.11. The zero-order chi connectivity index (χ0) is 18.2. The smallest absolute Gasteiger partial charge is 0.200 e. The van der Waals surface area contributed by atoms with E-state index in [1.807, 2.05) is 54.6 Å². The van der Waals surface area contributed by atoms with Crippen LogP contribution in [0.3, 0.4) is 0 Å². The molecule has 0 saturated heterocycles. The molecule has 128 valence electrons. The summed E-state index contributed by atoms with van der Waals surface area (Å²) in [6, 6.07) is 25.2. The lowest BCUT2D eigenvalue weighted by Gasteiger charge is -2.03. The number of hydrogen-bond donors (Lipinski definition) is 1. The fraction of sp³-hybridized carbons (Fsp3) is 0. The number of rotatable bonds is 4. The summed E-state index contributed by atoms with van der Waals surface area (Å²) >= 11 is 0. The zero-order valence-corrected chi connectivity index (χ0v) is 14.6. The predicted octanol–water partition coefficient (Wildman–Crippen LogP) is 3.40. The number of hydrogen-bond acceptors (Lipinski definition) is 3. The molecule has 0 fully saturated rings. The number of nitrogens with zero attached hydrogens (tertiary/aromatic N) is 1. The molecule has 0 atom stereocenters. The predicted molar refractivity (Wildman–Crippen MR) is 103 cm³/mol. The van der Waals surface area contributed by atoms with Crippen LogP contribution in [0.5, 0.6) is 0 Å². The summed E-state index contributed by atoms with van der Waals surface area (Å²) in [5, 5.41) is 3.87. The van der Waals surface area contributed by atoms with Gasteiger partial charge in [-0.2, -0.15) is 13.5 Å². The van der Waals surface area contributed by atoms with E-state index in [1.54, 1.807) is 18.2 Å². The van der Waals surface area contributed by atoms with E-state index in [0.29, 0.717) is 0 Å². The van der Waals surface area contributed by atoms with Crippen LogP contribution in [0.1, 0.15) is 16.7 Å². The van der Waals surface area contributed by atoms with Gasteiger partial charge in [-0.15, -0.1) is 0 Å². The average Bonchev–Trinajstić information content (AvgIpc) is 2.69. The van der Waals surface area contributed by atoms with E-state index in [9.17, 15) is 8.42 Å². The Bertz CT molecular complexity index is 1060. The molecule has 3 aromatic carbocycles. The normalized spacial score (nSPS) is 10.9. The minimum absolute atomic E-state index is 0.161. The van der Waals surface area contributed by atoms with Crippen molar-refractivity contribution in [3.05, 3.63) is 102 Å². The number of nitrogens with one attached hydrogen (secondary N) is 1. The van der Waals surface area contributed by atoms with Crippen molar-refractivity contribution in [2.75, 3.05) is 0 Å². The first kappa shape index (κ1) is 17.5. The maximum absolute atomic E-state index is 12.2. The first-order valence-corrected chi connectivity index (χ1v) is 9.39. The Labute approximate surface area is 153 Å². The SMILES string of the molecule is O=S(=O)(N/N=C/c1ccccc1C#Cc1ccccc1)c1ccccc1. The molecule has 0 aromatic heterocycles. The fourth-order valence-corrected chi connectivity index (χ4v) is 3.01. The molecule has 0 aliphatic carbocycles. The molecule has 1 N–H and O–H groups in total. The first-order valence-electron chi connectivity index (χ1n) is 7.91. The molecule has 0 heterocycles. The Kier molecular flexibility index (Phi) is 5.47. The highest BCUT2D eigenvalue weighted by molar-refractivity contribution is 7.89. The van der Waals surface area contributed by atoms with Crippen LogP contribution >= 0.6 is 0 Å². The van der Waals surface area contributed by atoms with Gasteiger partial charge >= 0.3 is 0 Å². The second-order valence-electron chi connectivity index (χ2n) is 5.37. The minimum Gasteiger partial charge on any atom is -0.200 e. The van der Waals surface area contributed by atoms with Gasteiger partial charge in [-0.3, -0.25) is 0 Å². The summed E-state index contributed by atoms with van der Waals surface area (Å²) in [4.78, 5) is 2.38. The van der Waals surface area contributed by atoms with E-state index in [1.165, 1.54) is 18.3 Å². The van der Waals surface area contributed by atoms with Crippen LogP contribution in [0.15, 0.2) is 94.9 Å². The number of benzene rings is 3. The van der Waals surface area contributed by atoms with Crippen LogP contribution in [0.2, 0.25) is 0 Å². The van der Waals surface area contributed by atoms with Crippen molar-refractivity contribution in [2.45, 2.75) is 4.90 Å². The van der Waals surface area contributed by atoms with Gasteiger partial charge in [-0.25, -0.2) is 4.83 Å². The maximum atomic E-state index is 12.2. The highest BCUT2D eigenvalue weighted by Crippen LogP contribution is 2.08. The lowest BCUT2D eigenvalue weighted by atomic mass is 10.1. The summed E-state index contributed by atoms with van der Waals surface area (Å²) in [6.45, 7) is 0. The van der Waals surface area contributed by atoms with Gasteiger partial charge in [0.2, 0.25) is 0 Å². The van der Waals surface area contributed by atoms with Gasteiger partial charge in [-0.05, 0) is 30.3 Å². The highest BCUT2D eigenvalue weighted by atomic mass is 32.2. The topological polar surface area (TPSA) is 58.5 Å². The second kappa shape index (κ2) is 8.15. The summed E-state index contributed by atoms with van der Waals surface area (Å²) in [7, 11) is -3.68. The van der Waals surface area contributed by atoms with E-state index in [-0.39, 0.29) is 4.90 Å². The van der Waals surface area contributed by atoms with Crippen molar-refractivity contribution in [3.63, 3.8) is 0 Å². The van der Waals surface area contributed by atoms with Crippen LogP contribution in [0, 0.1) is 11.8 Å². The standard InChI is InChI=1S/C21H16N2O2S/c24-26(25,21-13-5-2-6-14-21)23-22-17-20-12-8-7-11-19(20)16-15-18-9-3-1-4-10-18/h1-14,17,23H/b22-17+. The van der Waals surface area contributed by atoms with Gasteiger partial charge in [0.1, 0.15) is 0 Å². The summed E-state index contributed by atoms with van der Waals surface area (Å²) in [5.74, 6) is 6.17. The minimum atomic E-state index is -3.68. The molecule has 26 heavy (non-hydrogen) atoms. The van der Waals surface area contributed by atoms with Gasteiger partial charge in [0.15, 0.2) is 0 Å². The third-order valence-electron chi connectivity index (χ3n) is 3.51. The molecule has 3 aromatic rings. The van der Waals surface area contributed by atoms with Gasteiger partial charge in [-0.1, -0.05) is 66.4 Å². The molecule has 4 nitrogen and oxygen atoms in total. The fourth-order valence-electron chi connectivity index (χ4n) is 2.20. The number of sulfonamides is 1.